The van der Waals surface area contributed by atoms with Gasteiger partial charge in [-0.15, -0.1) is 0 Å². The number of hydrogen-bond donors (Lipinski definition) is 0. The highest BCUT2D eigenvalue weighted by Gasteiger charge is 2.37. The van der Waals surface area contributed by atoms with Crippen LogP contribution in [-0.2, 0) is 7.05 Å². The number of benzene rings is 2. The van der Waals surface area contributed by atoms with Crippen molar-refractivity contribution in [3.63, 3.8) is 0 Å². The van der Waals surface area contributed by atoms with Gasteiger partial charge >= 0.3 is 0 Å². The van der Waals surface area contributed by atoms with E-state index in [0.717, 1.165) is 35.3 Å². The van der Waals surface area contributed by atoms with Crippen molar-refractivity contribution in [1.29, 1.82) is 0 Å². The first-order chi connectivity index (χ1) is 14.1. The molecule has 6 heteroatoms. The number of aromatic nitrogens is 2. The van der Waals surface area contributed by atoms with E-state index in [1.54, 1.807) is 0 Å². The standard InChI is InChI=1S/C23H21N5O/c1-4-28(5-2)23-24-20-14-10-6-7-11-15(14)22(29)18(21(20)25-23)19-16-12-8-9-13-17(16)27(3)26-19/h6-13H,4-5H2,1-3H3. The maximum absolute atomic E-state index is 13.6. The summed E-state index contributed by atoms with van der Waals surface area (Å²) in [6.07, 6.45) is 0. The summed E-state index contributed by atoms with van der Waals surface area (Å²) in [6.45, 7) is 5.76. The Kier molecular flexibility index (Phi) is 3.94. The maximum Gasteiger partial charge on any atom is 0.226 e. The van der Waals surface area contributed by atoms with Gasteiger partial charge in [-0.3, -0.25) is 9.48 Å². The number of para-hydroxylation sites is 1. The smallest absolute Gasteiger partial charge is 0.226 e. The van der Waals surface area contributed by atoms with Crippen LogP contribution in [0, 0.1) is 0 Å². The third kappa shape index (κ3) is 2.49. The van der Waals surface area contributed by atoms with Gasteiger partial charge in [0.05, 0.1) is 11.1 Å². The minimum absolute atomic E-state index is 0.0528. The van der Waals surface area contributed by atoms with Crippen molar-refractivity contribution in [3.8, 4) is 0 Å². The molecule has 0 saturated heterocycles. The Labute approximate surface area is 168 Å². The Bertz CT molecular complexity index is 1260. The predicted octanol–water partition coefficient (Wildman–Crippen LogP) is 3.68. The van der Waals surface area contributed by atoms with Crippen molar-refractivity contribution in [2.45, 2.75) is 13.8 Å². The summed E-state index contributed by atoms with van der Waals surface area (Å²) in [5, 5.41) is 5.65. The van der Waals surface area contributed by atoms with Crippen LogP contribution in [0.25, 0.3) is 16.5 Å². The van der Waals surface area contributed by atoms with Gasteiger partial charge < -0.3 is 4.90 Å². The first-order valence-corrected chi connectivity index (χ1v) is 9.87. The molecule has 2 aromatic carbocycles. The molecule has 2 heterocycles. The minimum atomic E-state index is -0.0528. The lowest BCUT2D eigenvalue weighted by atomic mass is 9.85. The van der Waals surface area contributed by atoms with E-state index >= 15 is 0 Å². The number of carbonyl (C=O) groups is 1. The normalized spacial score (nSPS) is 15.3. The van der Waals surface area contributed by atoms with Crippen LogP contribution in [0.5, 0.6) is 0 Å². The number of rotatable bonds is 3. The quantitative estimate of drug-likeness (QED) is 0.693. The Hall–Kier alpha value is -3.54. The van der Waals surface area contributed by atoms with Crippen LogP contribution in [0.15, 0.2) is 64.2 Å². The van der Waals surface area contributed by atoms with E-state index in [9.17, 15) is 4.79 Å². The molecular weight excluding hydrogens is 362 g/mol. The number of aliphatic imine (C=N–C) groups is 2. The third-order valence-electron chi connectivity index (χ3n) is 5.58. The van der Waals surface area contributed by atoms with Gasteiger partial charge in [0.15, 0.2) is 5.78 Å². The highest BCUT2D eigenvalue weighted by molar-refractivity contribution is 6.44. The van der Waals surface area contributed by atoms with E-state index < -0.39 is 0 Å². The second kappa shape index (κ2) is 6.51. The van der Waals surface area contributed by atoms with E-state index in [1.165, 1.54) is 0 Å². The first-order valence-electron chi connectivity index (χ1n) is 9.87. The largest absolute Gasteiger partial charge is 0.341 e. The van der Waals surface area contributed by atoms with Gasteiger partial charge in [0.1, 0.15) is 17.1 Å². The minimum Gasteiger partial charge on any atom is -0.341 e. The Morgan fingerprint density at radius 3 is 2.38 bits per heavy atom. The summed E-state index contributed by atoms with van der Waals surface area (Å²) >= 11 is 0. The van der Waals surface area contributed by atoms with Gasteiger partial charge in [-0.25, -0.2) is 9.98 Å². The van der Waals surface area contributed by atoms with Gasteiger partial charge in [0.25, 0.3) is 0 Å². The van der Waals surface area contributed by atoms with E-state index in [0.29, 0.717) is 28.5 Å². The number of hydrogen-bond acceptors (Lipinski definition) is 5. The summed E-state index contributed by atoms with van der Waals surface area (Å²) in [5.41, 5.74) is 5.03. The van der Waals surface area contributed by atoms with Crippen LogP contribution in [0.2, 0.25) is 0 Å². The number of allylic oxidation sites excluding steroid dienone is 2. The topological polar surface area (TPSA) is 62.9 Å². The van der Waals surface area contributed by atoms with Crippen molar-refractivity contribution < 1.29 is 4.79 Å². The average Bonchev–Trinajstić information content (AvgIpc) is 3.32. The van der Waals surface area contributed by atoms with E-state index in [4.69, 9.17) is 15.1 Å². The molecule has 1 aromatic heterocycles. The highest BCUT2D eigenvalue weighted by Crippen LogP contribution is 2.38. The molecule has 0 spiro atoms. The SMILES string of the molecule is CCN(CC)C1=NC2=C(c3nn(C)c4ccccc34)C(=O)c3ccccc3C2=N1. The molecule has 1 aliphatic heterocycles. The number of nitrogens with zero attached hydrogens (tertiary/aromatic N) is 5. The molecule has 3 aromatic rings. The van der Waals surface area contributed by atoms with Crippen molar-refractivity contribution >= 4 is 33.9 Å². The van der Waals surface area contributed by atoms with E-state index in [-0.39, 0.29) is 5.78 Å². The van der Waals surface area contributed by atoms with Crippen molar-refractivity contribution in [3.05, 3.63) is 71.0 Å². The zero-order valence-corrected chi connectivity index (χ0v) is 16.7. The number of fused-ring (bicyclic) bond motifs is 4. The molecule has 0 bridgehead atoms. The summed E-state index contributed by atoms with van der Waals surface area (Å²) in [4.78, 5) is 25.3. The molecule has 0 unspecified atom stereocenters. The predicted molar refractivity (Wildman–Crippen MR) is 115 cm³/mol. The molecule has 0 saturated carbocycles. The van der Waals surface area contributed by atoms with Crippen LogP contribution in [0.4, 0.5) is 0 Å². The molecule has 144 valence electrons. The Balaban J connectivity index is 1.83. The molecule has 0 fully saturated rings. The van der Waals surface area contributed by atoms with Crippen molar-refractivity contribution in [1.82, 2.24) is 14.7 Å². The van der Waals surface area contributed by atoms with Crippen molar-refractivity contribution in [2.75, 3.05) is 13.1 Å². The molecule has 0 atom stereocenters. The fourth-order valence-electron chi connectivity index (χ4n) is 4.09. The second-order valence-corrected chi connectivity index (χ2v) is 7.13. The summed E-state index contributed by atoms with van der Waals surface area (Å²) in [6, 6.07) is 15.6. The van der Waals surface area contributed by atoms with Crippen LogP contribution in [0.1, 0.15) is 35.5 Å². The van der Waals surface area contributed by atoms with Crippen LogP contribution in [-0.4, -0.2) is 45.2 Å². The number of carbonyl (C=O) groups excluding carboxylic acids is 1. The van der Waals surface area contributed by atoms with E-state index in [1.807, 2.05) is 60.3 Å². The summed E-state index contributed by atoms with van der Waals surface area (Å²) in [7, 11) is 1.90. The fourth-order valence-corrected chi connectivity index (χ4v) is 4.09. The zero-order valence-electron chi connectivity index (χ0n) is 16.7. The molecule has 6 nitrogen and oxygen atoms in total. The number of Topliss-reactive ketones (excluding diaryl/α,β-unsaturated/α-hetero) is 1. The summed E-state index contributed by atoms with van der Waals surface area (Å²) in [5.74, 6) is 0.602. The Morgan fingerprint density at radius 1 is 0.931 bits per heavy atom. The molecule has 0 amide bonds. The van der Waals surface area contributed by atoms with Gasteiger partial charge in [-0.2, -0.15) is 5.10 Å². The second-order valence-electron chi connectivity index (χ2n) is 7.13. The van der Waals surface area contributed by atoms with Crippen molar-refractivity contribution in [2.24, 2.45) is 17.0 Å². The number of ketones is 1. The zero-order chi connectivity index (χ0) is 20.1. The van der Waals surface area contributed by atoms with Gasteiger partial charge in [0, 0.05) is 36.7 Å². The highest BCUT2D eigenvalue weighted by atomic mass is 16.1. The van der Waals surface area contributed by atoms with Crippen LogP contribution in [0.3, 0.4) is 0 Å². The number of guanidine groups is 1. The molecular formula is C23H21N5O. The van der Waals surface area contributed by atoms with Gasteiger partial charge in [-0.1, -0.05) is 42.5 Å². The lowest BCUT2D eigenvalue weighted by Gasteiger charge is -2.18. The molecule has 1 aliphatic carbocycles. The Morgan fingerprint density at radius 2 is 1.62 bits per heavy atom. The fraction of sp³-hybridized carbons (Fsp3) is 0.217. The lowest BCUT2D eigenvalue weighted by molar-refractivity contribution is 0.105. The molecule has 2 aliphatic rings. The van der Waals surface area contributed by atoms with Gasteiger partial charge in [-0.05, 0) is 19.9 Å². The van der Waals surface area contributed by atoms with Crippen LogP contribution < -0.4 is 0 Å². The monoisotopic (exact) mass is 383 g/mol. The number of aryl methyl sites for hydroxylation is 1. The molecule has 29 heavy (non-hydrogen) atoms. The molecule has 5 rings (SSSR count). The van der Waals surface area contributed by atoms with Gasteiger partial charge in [0.2, 0.25) is 5.96 Å². The molecule has 0 N–H and O–H groups in total. The average molecular weight is 383 g/mol. The first kappa shape index (κ1) is 17.6. The van der Waals surface area contributed by atoms with E-state index in [2.05, 4.69) is 18.7 Å². The molecule has 0 radical (unpaired) electrons. The van der Waals surface area contributed by atoms with Crippen LogP contribution >= 0.6 is 0 Å². The summed E-state index contributed by atoms with van der Waals surface area (Å²) < 4.78 is 1.81. The third-order valence-corrected chi connectivity index (χ3v) is 5.58. The lowest BCUT2D eigenvalue weighted by Crippen LogP contribution is -2.28. The maximum atomic E-state index is 13.6.